The molecule has 0 aliphatic rings. The molecule has 5 heteroatoms. The first-order valence-corrected chi connectivity index (χ1v) is 7.06. The molecule has 0 saturated carbocycles. The third-order valence-corrected chi connectivity index (χ3v) is 3.74. The number of aromatic hydroxyl groups is 1. The molecule has 3 rings (SSSR count). The van der Waals surface area contributed by atoms with Crippen molar-refractivity contribution >= 4 is 26.9 Å². The van der Waals surface area contributed by atoms with Crippen molar-refractivity contribution in [3.8, 4) is 11.5 Å². The van der Waals surface area contributed by atoms with Crippen LogP contribution in [0.4, 0.5) is 0 Å². The van der Waals surface area contributed by atoms with E-state index in [1.165, 1.54) is 0 Å². The predicted octanol–water partition coefficient (Wildman–Crippen LogP) is 3.84. The van der Waals surface area contributed by atoms with Crippen molar-refractivity contribution in [2.45, 2.75) is 6.61 Å². The van der Waals surface area contributed by atoms with Crippen LogP contribution >= 0.6 is 15.9 Å². The SMILES string of the molecule is O=c1oc2ccc(OCc3ccccc3)cc2c(O)c1Br. The smallest absolute Gasteiger partial charge is 0.354 e. The number of halogens is 1. The van der Waals surface area contributed by atoms with Crippen molar-refractivity contribution in [1.29, 1.82) is 0 Å². The van der Waals surface area contributed by atoms with Crippen molar-refractivity contribution in [3.63, 3.8) is 0 Å². The van der Waals surface area contributed by atoms with Gasteiger partial charge in [-0.05, 0) is 39.7 Å². The maximum absolute atomic E-state index is 11.4. The normalized spacial score (nSPS) is 10.7. The zero-order valence-electron chi connectivity index (χ0n) is 10.9. The lowest BCUT2D eigenvalue weighted by molar-refractivity contribution is 0.306. The van der Waals surface area contributed by atoms with E-state index in [9.17, 15) is 9.90 Å². The van der Waals surface area contributed by atoms with Gasteiger partial charge >= 0.3 is 5.63 Å². The standard InChI is InChI=1S/C16H11BrO4/c17-14-15(18)12-8-11(6-7-13(12)21-16(14)19)20-9-10-4-2-1-3-5-10/h1-8,18H,9H2. The molecule has 0 bridgehead atoms. The summed E-state index contributed by atoms with van der Waals surface area (Å²) < 4.78 is 10.8. The van der Waals surface area contributed by atoms with Crippen LogP contribution in [0.3, 0.4) is 0 Å². The fraction of sp³-hybridized carbons (Fsp3) is 0.0625. The summed E-state index contributed by atoms with van der Waals surface area (Å²) >= 11 is 3.00. The van der Waals surface area contributed by atoms with E-state index in [0.29, 0.717) is 23.3 Å². The van der Waals surface area contributed by atoms with E-state index in [-0.39, 0.29) is 10.2 Å². The van der Waals surface area contributed by atoms with Gasteiger partial charge in [0.25, 0.3) is 0 Å². The van der Waals surface area contributed by atoms with Gasteiger partial charge in [-0.3, -0.25) is 0 Å². The van der Waals surface area contributed by atoms with E-state index in [1.807, 2.05) is 30.3 Å². The predicted molar refractivity (Wildman–Crippen MR) is 82.6 cm³/mol. The van der Waals surface area contributed by atoms with Gasteiger partial charge in [-0.2, -0.15) is 0 Å². The molecule has 0 fully saturated rings. The van der Waals surface area contributed by atoms with Gasteiger partial charge in [0.2, 0.25) is 0 Å². The third kappa shape index (κ3) is 2.78. The Bertz CT molecular complexity index is 840. The second kappa shape index (κ2) is 5.61. The summed E-state index contributed by atoms with van der Waals surface area (Å²) in [5.41, 5.74) is 0.744. The Labute approximate surface area is 128 Å². The van der Waals surface area contributed by atoms with E-state index in [4.69, 9.17) is 9.15 Å². The van der Waals surface area contributed by atoms with E-state index < -0.39 is 5.63 Å². The van der Waals surface area contributed by atoms with Gasteiger partial charge < -0.3 is 14.3 Å². The number of hydrogen-bond donors (Lipinski definition) is 1. The lowest BCUT2D eigenvalue weighted by atomic mass is 10.2. The van der Waals surface area contributed by atoms with Crippen LogP contribution in [0.15, 0.2) is 62.2 Å². The molecule has 0 atom stereocenters. The topological polar surface area (TPSA) is 59.7 Å². The van der Waals surface area contributed by atoms with Gasteiger partial charge in [0.1, 0.15) is 28.2 Å². The van der Waals surface area contributed by atoms with Crippen molar-refractivity contribution in [3.05, 3.63) is 69.0 Å². The molecule has 1 heterocycles. The second-order valence-electron chi connectivity index (χ2n) is 4.48. The highest BCUT2D eigenvalue weighted by Gasteiger charge is 2.12. The first kappa shape index (κ1) is 13.7. The molecule has 106 valence electrons. The van der Waals surface area contributed by atoms with Crippen molar-refractivity contribution in [2.75, 3.05) is 0 Å². The summed E-state index contributed by atoms with van der Waals surface area (Å²) in [4.78, 5) is 11.4. The van der Waals surface area contributed by atoms with Crippen LogP contribution in [0.2, 0.25) is 0 Å². The van der Waals surface area contributed by atoms with E-state index in [2.05, 4.69) is 15.9 Å². The Morgan fingerprint density at radius 3 is 2.67 bits per heavy atom. The van der Waals surface area contributed by atoms with Crippen molar-refractivity contribution in [2.24, 2.45) is 0 Å². The minimum absolute atomic E-state index is 0.00945. The number of hydrogen-bond acceptors (Lipinski definition) is 4. The van der Waals surface area contributed by atoms with Gasteiger partial charge in [-0.15, -0.1) is 0 Å². The highest BCUT2D eigenvalue weighted by atomic mass is 79.9. The summed E-state index contributed by atoms with van der Waals surface area (Å²) in [6, 6.07) is 14.7. The zero-order chi connectivity index (χ0) is 14.8. The third-order valence-electron chi connectivity index (χ3n) is 3.04. The Hall–Kier alpha value is -2.27. The summed E-state index contributed by atoms with van der Waals surface area (Å²) in [7, 11) is 0. The molecule has 0 unspecified atom stereocenters. The lowest BCUT2D eigenvalue weighted by Crippen LogP contribution is -2.00. The molecule has 0 radical (unpaired) electrons. The molecule has 1 N–H and O–H groups in total. The molecule has 0 spiro atoms. The van der Waals surface area contributed by atoms with Crippen LogP contribution in [-0.2, 0) is 6.61 Å². The highest BCUT2D eigenvalue weighted by Crippen LogP contribution is 2.32. The fourth-order valence-electron chi connectivity index (χ4n) is 1.97. The van der Waals surface area contributed by atoms with Crippen LogP contribution in [-0.4, -0.2) is 5.11 Å². The fourth-order valence-corrected chi connectivity index (χ4v) is 2.27. The quantitative estimate of drug-likeness (QED) is 0.732. The van der Waals surface area contributed by atoms with Gasteiger partial charge in [-0.1, -0.05) is 30.3 Å². The summed E-state index contributed by atoms with van der Waals surface area (Å²) in [6.07, 6.45) is 0. The van der Waals surface area contributed by atoms with Crippen LogP contribution < -0.4 is 10.4 Å². The lowest BCUT2D eigenvalue weighted by Gasteiger charge is -2.08. The maximum atomic E-state index is 11.4. The number of rotatable bonds is 3. The molecular weight excluding hydrogens is 336 g/mol. The molecule has 0 aliphatic carbocycles. The van der Waals surface area contributed by atoms with Gasteiger partial charge in [-0.25, -0.2) is 4.79 Å². The molecule has 0 saturated heterocycles. The number of fused-ring (bicyclic) bond motifs is 1. The Morgan fingerprint density at radius 1 is 1.14 bits per heavy atom. The van der Waals surface area contributed by atoms with E-state index in [0.717, 1.165) is 5.56 Å². The summed E-state index contributed by atoms with van der Waals surface area (Å²) in [5, 5.41) is 10.4. The first-order chi connectivity index (χ1) is 10.1. The average molecular weight is 347 g/mol. The first-order valence-electron chi connectivity index (χ1n) is 6.27. The highest BCUT2D eigenvalue weighted by molar-refractivity contribution is 9.10. The van der Waals surface area contributed by atoms with Crippen LogP contribution in [0.5, 0.6) is 11.5 Å². The molecule has 0 amide bonds. The molecular formula is C16H11BrO4. The number of benzene rings is 2. The van der Waals surface area contributed by atoms with Crippen LogP contribution in [0, 0.1) is 0 Å². The summed E-state index contributed by atoms with van der Waals surface area (Å²) in [6.45, 7) is 0.422. The molecule has 4 nitrogen and oxygen atoms in total. The van der Waals surface area contributed by atoms with E-state index >= 15 is 0 Å². The molecule has 1 aromatic heterocycles. The molecule has 0 aliphatic heterocycles. The Kier molecular flexibility index (Phi) is 3.66. The number of ether oxygens (including phenoxy) is 1. The summed E-state index contributed by atoms with van der Waals surface area (Å²) in [5.74, 6) is 0.439. The molecule has 2 aromatic carbocycles. The van der Waals surface area contributed by atoms with Crippen molar-refractivity contribution in [1.82, 2.24) is 0 Å². The van der Waals surface area contributed by atoms with Gasteiger partial charge in [0.05, 0.1) is 5.39 Å². The van der Waals surface area contributed by atoms with Crippen LogP contribution in [0.25, 0.3) is 11.0 Å². The van der Waals surface area contributed by atoms with Gasteiger partial charge in [0.15, 0.2) is 0 Å². The second-order valence-corrected chi connectivity index (χ2v) is 5.28. The van der Waals surface area contributed by atoms with E-state index in [1.54, 1.807) is 18.2 Å². The van der Waals surface area contributed by atoms with Crippen molar-refractivity contribution < 1.29 is 14.3 Å². The molecule has 3 aromatic rings. The average Bonchev–Trinajstić information content (AvgIpc) is 2.52. The molecule has 21 heavy (non-hydrogen) atoms. The Morgan fingerprint density at radius 2 is 1.90 bits per heavy atom. The monoisotopic (exact) mass is 346 g/mol. The maximum Gasteiger partial charge on any atom is 0.354 e. The minimum Gasteiger partial charge on any atom is -0.506 e. The minimum atomic E-state index is -0.613. The Balaban J connectivity index is 1.92. The van der Waals surface area contributed by atoms with Crippen LogP contribution in [0.1, 0.15) is 5.56 Å². The largest absolute Gasteiger partial charge is 0.506 e. The van der Waals surface area contributed by atoms with Gasteiger partial charge in [0, 0.05) is 0 Å². The zero-order valence-corrected chi connectivity index (χ0v) is 12.5.